The highest BCUT2D eigenvalue weighted by molar-refractivity contribution is 5.87. The van der Waals surface area contributed by atoms with Crippen LogP contribution in [0.4, 0.5) is 4.79 Å². The number of hydrogen-bond acceptors (Lipinski definition) is 5. The number of nitrogens with one attached hydrogen (secondary N) is 2. The molecule has 0 spiro atoms. The van der Waals surface area contributed by atoms with Crippen LogP contribution in [0.2, 0.25) is 0 Å². The van der Waals surface area contributed by atoms with Gasteiger partial charge in [-0.05, 0) is 54.5 Å². The van der Waals surface area contributed by atoms with E-state index in [-0.39, 0.29) is 19.1 Å². The van der Waals surface area contributed by atoms with Crippen LogP contribution in [0.25, 0.3) is 11.1 Å². The zero-order valence-corrected chi connectivity index (χ0v) is 24.0. The van der Waals surface area contributed by atoms with Crippen molar-refractivity contribution in [3.63, 3.8) is 0 Å². The third-order valence-corrected chi connectivity index (χ3v) is 8.64. The van der Waals surface area contributed by atoms with Crippen LogP contribution in [0.1, 0.15) is 62.1 Å². The summed E-state index contributed by atoms with van der Waals surface area (Å²) < 4.78 is 11.6. The van der Waals surface area contributed by atoms with Crippen molar-refractivity contribution in [2.75, 3.05) is 6.61 Å². The van der Waals surface area contributed by atoms with E-state index in [0.717, 1.165) is 40.7 Å². The van der Waals surface area contributed by atoms with Crippen molar-refractivity contribution in [2.45, 2.75) is 69.7 Å². The first-order valence-electron chi connectivity index (χ1n) is 14.6. The molecule has 0 aliphatic heterocycles. The van der Waals surface area contributed by atoms with Crippen LogP contribution in [0.3, 0.4) is 0 Å². The minimum Gasteiger partial charge on any atom is -0.480 e. The normalized spacial score (nSPS) is 21.0. The lowest BCUT2D eigenvalue weighted by Gasteiger charge is -2.41. The number of carbonyl (C=O) groups excluding carboxylic acids is 2. The zero-order valence-electron chi connectivity index (χ0n) is 24.0. The maximum Gasteiger partial charge on any atom is 0.407 e. The molecule has 4 atom stereocenters. The van der Waals surface area contributed by atoms with Gasteiger partial charge in [0.1, 0.15) is 6.61 Å². The van der Waals surface area contributed by atoms with Crippen molar-refractivity contribution >= 4 is 18.0 Å². The maximum absolute atomic E-state index is 13.5. The largest absolute Gasteiger partial charge is 0.480 e. The van der Waals surface area contributed by atoms with Gasteiger partial charge in [-0.1, -0.05) is 91.7 Å². The predicted octanol–water partition coefficient (Wildman–Crippen LogP) is 5.65. The first-order chi connectivity index (χ1) is 20.3. The number of benzene rings is 3. The zero-order chi connectivity index (χ0) is 29.7. The van der Waals surface area contributed by atoms with Crippen LogP contribution in [0.15, 0.2) is 78.9 Å². The Morgan fingerprint density at radius 1 is 0.929 bits per heavy atom. The molecule has 42 heavy (non-hydrogen) atoms. The Morgan fingerprint density at radius 2 is 1.55 bits per heavy atom. The average Bonchev–Trinajstić information content (AvgIpc) is 3.31. The number of aliphatic carboxylic acids is 1. The van der Waals surface area contributed by atoms with E-state index in [0.29, 0.717) is 12.8 Å². The van der Waals surface area contributed by atoms with Crippen molar-refractivity contribution in [3.8, 4) is 11.1 Å². The van der Waals surface area contributed by atoms with E-state index in [1.807, 2.05) is 61.5 Å². The second-order valence-corrected chi connectivity index (χ2v) is 11.5. The van der Waals surface area contributed by atoms with Crippen LogP contribution < -0.4 is 10.6 Å². The number of amides is 2. The first kappa shape index (κ1) is 29.3. The molecule has 0 saturated heterocycles. The molecule has 0 radical (unpaired) electrons. The number of rotatable bonds is 10. The molecule has 0 aromatic heterocycles. The number of carbonyl (C=O) groups is 3. The lowest BCUT2D eigenvalue weighted by atomic mass is 9.73. The third-order valence-electron chi connectivity index (χ3n) is 8.64. The molecule has 8 heteroatoms. The molecule has 3 aromatic rings. The topological polar surface area (TPSA) is 114 Å². The van der Waals surface area contributed by atoms with Crippen molar-refractivity contribution < 1.29 is 29.0 Å². The summed E-state index contributed by atoms with van der Waals surface area (Å²) in [6.07, 6.45) is 1.38. The van der Waals surface area contributed by atoms with Crippen LogP contribution in [-0.2, 0) is 25.7 Å². The molecule has 2 aliphatic rings. The molecule has 0 heterocycles. The lowest BCUT2D eigenvalue weighted by Crippen LogP contribution is -2.60. The fraction of sp³-hybridized carbons (Fsp3) is 0.382. The molecule has 2 amide bonds. The summed E-state index contributed by atoms with van der Waals surface area (Å²) >= 11 is 0. The van der Waals surface area contributed by atoms with Gasteiger partial charge in [-0.2, -0.15) is 0 Å². The molecule has 5 rings (SSSR count). The van der Waals surface area contributed by atoms with Gasteiger partial charge in [-0.25, -0.2) is 9.59 Å². The second-order valence-electron chi connectivity index (χ2n) is 11.5. The highest BCUT2D eigenvalue weighted by Gasteiger charge is 2.44. The fourth-order valence-corrected chi connectivity index (χ4v) is 6.30. The number of alkyl carbamates (subject to hydrolysis) is 1. The highest BCUT2D eigenvalue weighted by Crippen LogP contribution is 2.44. The van der Waals surface area contributed by atoms with Gasteiger partial charge < -0.3 is 25.2 Å². The summed E-state index contributed by atoms with van der Waals surface area (Å²) in [5.74, 6) is -2.28. The summed E-state index contributed by atoms with van der Waals surface area (Å²) in [7, 11) is 0. The van der Waals surface area contributed by atoms with Gasteiger partial charge in [0.25, 0.3) is 0 Å². The van der Waals surface area contributed by atoms with Crippen molar-refractivity contribution in [1.29, 1.82) is 0 Å². The monoisotopic (exact) mass is 570 g/mol. The molecule has 1 saturated carbocycles. The first-order valence-corrected chi connectivity index (χ1v) is 14.6. The molecule has 3 N–H and O–H groups in total. The van der Waals surface area contributed by atoms with Crippen LogP contribution in [0.5, 0.6) is 0 Å². The van der Waals surface area contributed by atoms with Gasteiger partial charge in [0, 0.05) is 5.92 Å². The van der Waals surface area contributed by atoms with Gasteiger partial charge in [-0.15, -0.1) is 0 Å². The molecule has 0 bridgehead atoms. The van der Waals surface area contributed by atoms with Gasteiger partial charge >= 0.3 is 12.1 Å². The lowest BCUT2D eigenvalue weighted by molar-refractivity contribution is -0.148. The highest BCUT2D eigenvalue weighted by atomic mass is 16.5. The minimum absolute atomic E-state index is 0.0740. The van der Waals surface area contributed by atoms with Crippen LogP contribution in [0, 0.1) is 5.92 Å². The van der Waals surface area contributed by atoms with E-state index >= 15 is 0 Å². The summed E-state index contributed by atoms with van der Waals surface area (Å²) in [6, 6.07) is 24.5. The Bertz CT molecular complexity index is 1380. The predicted molar refractivity (Wildman–Crippen MR) is 159 cm³/mol. The molecule has 2 aliphatic carbocycles. The Hall–Kier alpha value is -4.17. The standard InChI is InChI=1S/C34H38N2O6/c1-22(41-20-23-12-4-3-5-13-23)30(32(38)39)35-31(37)29-18-10-11-19-34(29,2)36-33(40)42-21-28-26-16-8-6-14-24(26)25-15-7-9-17-27(25)28/h3-9,12-17,22,28-30H,10-11,18-21H2,1-2H3,(H,35,37)(H,36,40)(H,38,39)/t22-,29?,30+,34?/m0/s1. The fourth-order valence-electron chi connectivity index (χ4n) is 6.30. The third kappa shape index (κ3) is 6.34. The number of carboxylic acid groups (broad SMARTS) is 1. The van der Waals surface area contributed by atoms with Crippen LogP contribution in [-0.4, -0.2) is 47.4 Å². The van der Waals surface area contributed by atoms with Gasteiger partial charge in [0.05, 0.1) is 24.2 Å². The molecule has 3 aromatic carbocycles. The van der Waals surface area contributed by atoms with Gasteiger partial charge in [0.15, 0.2) is 6.04 Å². The Labute approximate surface area is 246 Å². The number of hydrogen-bond donors (Lipinski definition) is 3. The van der Waals surface area contributed by atoms with Crippen molar-refractivity contribution in [2.24, 2.45) is 5.92 Å². The molecular weight excluding hydrogens is 532 g/mol. The molecular formula is C34H38N2O6. The maximum atomic E-state index is 13.5. The summed E-state index contributed by atoms with van der Waals surface area (Å²) in [4.78, 5) is 38.8. The van der Waals surface area contributed by atoms with E-state index in [1.54, 1.807) is 6.92 Å². The molecule has 8 nitrogen and oxygen atoms in total. The Morgan fingerprint density at radius 3 is 2.19 bits per heavy atom. The summed E-state index contributed by atoms with van der Waals surface area (Å²) in [5.41, 5.74) is 4.56. The van der Waals surface area contributed by atoms with E-state index in [2.05, 4.69) is 34.9 Å². The molecule has 2 unspecified atom stereocenters. The molecule has 220 valence electrons. The van der Waals surface area contributed by atoms with E-state index in [1.165, 1.54) is 0 Å². The smallest absolute Gasteiger partial charge is 0.407 e. The Kier molecular flexibility index (Phi) is 8.92. The number of carboxylic acids is 1. The minimum atomic E-state index is -1.23. The number of ether oxygens (including phenoxy) is 2. The van der Waals surface area contributed by atoms with Crippen molar-refractivity contribution in [1.82, 2.24) is 10.6 Å². The Balaban J connectivity index is 1.22. The van der Waals surface area contributed by atoms with Crippen LogP contribution >= 0.6 is 0 Å². The van der Waals surface area contributed by atoms with Gasteiger partial charge in [0.2, 0.25) is 5.91 Å². The quantitative estimate of drug-likeness (QED) is 0.290. The molecule has 1 fully saturated rings. The van der Waals surface area contributed by atoms with E-state index in [9.17, 15) is 19.5 Å². The summed E-state index contributed by atoms with van der Waals surface area (Å²) in [6.45, 7) is 3.87. The second kappa shape index (κ2) is 12.8. The van der Waals surface area contributed by atoms with E-state index in [4.69, 9.17) is 9.47 Å². The average molecular weight is 571 g/mol. The van der Waals surface area contributed by atoms with E-state index < -0.39 is 41.6 Å². The SMILES string of the molecule is C[C@H](OCc1ccccc1)[C@@H](NC(=O)C1CCCCC1(C)NC(=O)OCC1c2ccccc2-c2ccccc21)C(=O)O. The number of fused-ring (bicyclic) bond motifs is 3. The van der Waals surface area contributed by atoms with Gasteiger partial charge in [-0.3, -0.25) is 4.79 Å². The summed E-state index contributed by atoms with van der Waals surface area (Å²) in [5, 5.41) is 15.6. The van der Waals surface area contributed by atoms with Crippen molar-refractivity contribution in [3.05, 3.63) is 95.6 Å².